The molecule has 1 aromatic heterocycles. The number of halogens is 1. The Bertz CT molecular complexity index is 480. The fourth-order valence-electron chi connectivity index (χ4n) is 2.95. The van der Waals surface area contributed by atoms with E-state index in [1.54, 1.807) is 0 Å². The minimum Gasteiger partial charge on any atom is -0.476 e. The highest BCUT2D eigenvalue weighted by Crippen LogP contribution is 2.30. The second kappa shape index (κ2) is 9.74. The SMILES string of the molecule is CCCCCCCCCC(C)(C)CCc1cc(C(=O)O)n(F)c1. The quantitative estimate of drug-likeness (QED) is 0.477. The Morgan fingerprint density at radius 1 is 1.13 bits per heavy atom. The lowest BCUT2D eigenvalue weighted by molar-refractivity contribution is 0.0673. The van der Waals surface area contributed by atoms with Crippen LogP contribution in [0.4, 0.5) is 4.48 Å². The molecular weight excluding hydrogens is 293 g/mol. The van der Waals surface area contributed by atoms with Crippen molar-refractivity contribution in [3.05, 3.63) is 23.5 Å². The third kappa shape index (κ3) is 7.67. The van der Waals surface area contributed by atoms with Gasteiger partial charge in [-0.25, -0.2) is 4.79 Å². The summed E-state index contributed by atoms with van der Waals surface area (Å²) in [5, 5.41) is 8.87. The Balaban J connectivity index is 2.27. The number of aryl methyl sites for hydroxylation is 1. The van der Waals surface area contributed by atoms with Crippen molar-refractivity contribution in [1.82, 2.24) is 4.79 Å². The molecule has 0 unspecified atom stereocenters. The average Bonchev–Trinajstić information content (AvgIpc) is 2.86. The first-order chi connectivity index (χ1) is 10.9. The zero-order valence-corrected chi connectivity index (χ0v) is 14.9. The van der Waals surface area contributed by atoms with Crippen molar-refractivity contribution in [2.24, 2.45) is 5.41 Å². The monoisotopic (exact) mass is 325 g/mol. The topological polar surface area (TPSA) is 42.2 Å². The van der Waals surface area contributed by atoms with Gasteiger partial charge >= 0.3 is 5.97 Å². The molecule has 3 nitrogen and oxygen atoms in total. The van der Waals surface area contributed by atoms with E-state index in [0.29, 0.717) is 0 Å². The Morgan fingerprint density at radius 3 is 2.30 bits per heavy atom. The molecule has 1 aromatic rings. The largest absolute Gasteiger partial charge is 0.476 e. The van der Waals surface area contributed by atoms with Gasteiger partial charge in [0.15, 0.2) is 5.69 Å². The summed E-state index contributed by atoms with van der Waals surface area (Å²) in [5.41, 5.74) is 0.688. The lowest BCUT2D eigenvalue weighted by atomic mass is 9.81. The Labute approximate surface area is 139 Å². The molecule has 1 N–H and O–H groups in total. The molecule has 4 heteroatoms. The molecule has 132 valence electrons. The summed E-state index contributed by atoms with van der Waals surface area (Å²) in [7, 11) is 0. The number of carbonyl (C=O) groups is 1. The standard InChI is InChI=1S/C19H32FNO2/c1-4-5-6-7-8-9-10-12-19(2,3)13-11-16-14-17(18(22)23)21(20)15-16/h14-15H,4-13H2,1-3H3,(H,22,23). The summed E-state index contributed by atoms with van der Waals surface area (Å²) in [4.78, 5) is 11.1. The van der Waals surface area contributed by atoms with E-state index >= 15 is 0 Å². The lowest BCUT2D eigenvalue weighted by Crippen LogP contribution is -2.12. The number of aromatic carboxylic acids is 1. The highest BCUT2D eigenvalue weighted by Gasteiger charge is 2.19. The van der Waals surface area contributed by atoms with Gasteiger partial charge in [0.05, 0.1) is 0 Å². The zero-order valence-electron chi connectivity index (χ0n) is 14.9. The molecule has 23 heavy (non-hydrogen) atoms. The fraction of sp³-hybridized carbons (Fsp3) is 0.737. The normalized spacial score (nSPS) is 11.8. The van der Waals surface area contributed by atoms with Gasteiger partial charge in [-0.05, 0) is 36.3 Å². The molecule has 1 heterocycles. The Morgan fingerprint density at radius 2 is 1.74 bits per heavy atom. The number of unbranched alkanes of at least 4 members (excludes halogenated alkanes) is 6. The van der Waals surface area contributed by atoms with Crippen LogP contribution in [-0.4, -0.2) is 15.9 Å². The lowest BCUT2D eigenvalue weighted by Gasteiger charge is -2.24. The van der Waals surface area contributed by atoms with Gasteiger partial charge in [-0.3, -0.25) is 0 Å². The van der Waals surface area contributed by atoms with E-state index in [-0.39, 0.29) is 15.9 Å². The van der Waals surface area contributed by atoms with Gasteiger partial charge in [0.2, 0.25) is 0 Å². The van der Waals surface area contributed by atoms with E-state index in [1.165, 1.54) is 63.6 Å². The number of aromatic nitrogens is 1. The zero-order chi connectivity index (χ0) is 17.3. The number of carboxylic acids is 1. The van der Waals surface area contributed by atoms with Gasteiger partial charge < -0.3 is 5.11 Å². The second-order valence-corrected chi connectivity index (χ2v) is 7.39. The van der Waals surface area contributed by atoms with Crippen LogP contribution in [0.1, 0.15) is 94.6 Å². The molecule has 1 rings (SSSR count). The van der Waals surface area contributed by atoms with Crippen LogP contribution in [0.2, 0.25) is 0 Å². The number of hydrogen-bond acceptors (Lipinski definition) is 1. The van der Waals surface area contributed by atoms with Crippen LogP contribution in [0.5, 0.6) is 0 Å². The summed E-state index contributed by atoms with van der Waals surface area (Å²) < 4.78 is 13.4. The smallest absolute Gasteiger partial charge is 0.355 e. The number of rotatable bonds is 12. The van der Waals surface area contributed by atoms with Crippen molar-refractivity contribution in [2.75, 3.05) is 0 Å². The third-order valence-electron chi connectivity index (χ3n) is 4.60. The summed E-state index contributed by atoms with van der Waals surface area (Å²) in [6.07, 6.45) is 13.3. The van der Waals surface area contributed by atoms with E-state index in [4.69, 9.17) is 5.11 Å². The van der Waals surface area contributed by atoms with Crippen molar-refractivity contribution in [3.8, 4) is 0 Å². The van der Waals surface area contributed by atoms with Crippen LogP contribution < -0.4 is 0 Å². The minimum atomic E-state index is -1.22. The van der Waals surface area contributed by atoms with Crippen molar-refractivity contribution in [1.29, 1.82) is 0 Å². The molecule has 0 bridgehead atoms. The number of carboxylic acid groups (broad SMARTS) is 1. The first kappa shape index (κ1) is 19.7. The molecule has 0 aliphatic heterocycles. The van der Waals surface area contributed by atoms with E-state index < -0.39 is 5.97 Å². The van der Waals surface area contributed by atoms with E-state index in [9.17, 15) is 9.28 Å². The Kier molecular flexibility index (Phi) is 8.35. The van der Waals surface area contributed by atoms with Crippen LogP contribution in [0.15, 0.2) is 12.3 Å². The van der Waals surface area contributed by atoms with Crippen LogP contribution in [0.3, 0.4) is 0 Å². The van der Waals surface area contributed by atoms with E-state index in [1.807, 2.05) is 0 Å². The Hall–Kier alpha value is -1.32. The van der Waals surface area contributed by atoms with Crippen LogP contribution in [0.25, 0.3) is 0 Å². The highest BCUT2D eigenvalue weighted by atomic mass is 19.2. The average molecular weight is 325 g/mol. The maximum absolute atomic E-state index is 13.4. The molecule has 0 spiro atoms. The van der Waals surface area contributed by atoms with Gasteiger partial charge in [0.25, 0.3) is 0 Å². The van der Waals surface area contributed by atoms with Gasteiger partial charge in [-0.2, -0.15) is 4.79 Å². The second-order valence-electron chi connectivity index (χ2n) is 7.39. The molecule has 0 saturated heterocycles. The van der Waals surface area contributed by atoms with Gasteiger partial charge in [-0.1, -0.05) is 70.2 Å². The van der Waals surface area contributed by atoms with E-state index in [2.05, 4.69) is 20.8 Å². The van der Waals surface area contributed by atoms with Crippen molar-refractivity contribution in [2.45, 2.75) is 85.0 Å². The van der Waals surface area contributed by atoms with Crippen molar-refractivity contribution in [3.63, 3.8) is 0 Å². The van der Waals surface area contributed by atoms with Crippen LogP contribution in [0, 0.1) is 5.41 Å². The first-order valence-electron chi connectivity index (χ1n) is 8.96. The number of nitrogens with zero attached hydrogens (tertiary/aromatic N) is 1. The predicted molar refractivity (Wildman–Crippen MR) is 92.6 cm³/mol. The first-order valence-corrected chi connectivity index (χ1v) is 8.96. The molecular formula is C19H32FNO2. The molecule has 0 radical (unpaired) electrons. The maximum Gasteiger partial charge on any atom is 0.355 e. The third-order valence-corrected chi connectivity index (χ3v) is 4.60. The van der Waals surface area contributed by atoms with Crippen molar-refractivity contribution < 1.29 is 14.4 Å². The van der Waals surface area contributed by atoms with Gasteiger partial charge in [0, 0.05) is 6.20 Å². The molecule has 0 amide bonds. The summed E-state index contributed by atoms with van der Waals surface area (Å²) in [5.74, 6) is -1.22. The van der Waals surface area contributed by atoms with Gasteiger partial charge in [-0.15, -0.1) is 0 Å². The molecule has 0 saturated carbocycles. The number of hydrogen-bond donors (Lipinski definition) is 1. The maximum atomic E-state index is 13.4. The van der Waals surface area contributed by atoms with Crippen LogP contribution in [-0.2, 0) is 6.42 Å². The summed E-state index contributed by atoms with van der Waals surface area (Å²) in [6, 6.07) is 1.44. The minimum absolute atomic E-state index is 0.209. The highest BCUT2D eigenvalue weighted by molar-refractivity contribution is 5.86. The fourth-order valence-corrected chi connectivity index (χ4v) is 2.95. The molecule has 0 atom stereocenters. The van der Waals surface area contributed by atoms with Gasteiger partial charge in [0.1, 0.15) is 0 Å². The predicted octanol–water partition coefficient (Wildman–Crippen LogP) is 6.02. The summed E-state index contributed by atoms with van der Waals surface area (Å²) >= 11 is 0. The van der Waals surface area contributed by atoms with Crippen LogP contribution >= 0.6 is 0 Å². The molecule has 0 aliphatic rings. The molecule has 0 fully saturated rings. The summed E-state index contributed by atoms with van der Waals surface area (Å²) in [6.45, 7) is 6.72. The molecule has 0 aromatic carbocycles. The van der Waals surface area contributed by atoms with Crippen molar-refractivity contribution >= 4 is 5.97 Å². The van der Waals surface area contributed by atoms with E-state index in [0.717, 1.165) is 18.4 Å². The molecule has 0 aliphatic carbocycles.